The number of hydrogen-bond donors (Lipinski definition) is 1. The van der Waals surface area contributed by atoms with Crippen molar-refractivity contribution in [1.82, 2.24) is 0 Å². The van der Waals surface area contributed by atoms with Gasteiger partial charge in [-0.1, -0.05) is 48.4 Å². The molecular formula is C12H17N. The van der Waals surface area contributed by atoms with E-state index < -0.39 is 0 Å². The molecule has 0 radical (unpaired) electrons. The van der Waals surface area contributed by atoms with E-state index in [-0.39, 0.29) is 0 Å². The third-order valence-corrected chi connectivity index (χ3v) is 2.16. The van der Waals surface area contributed by atoms with Gasteiger partial charge in [-0.2, -0.15) is 0 Å². The van der Waals surface area contributed by atoms with Crippen molar-refractivity contribution in [3.8, 4) is 0 Å². The fourth-order valence-corrected chi connectivity index (χ4v) is 1.20. The van der Waals surface area contributed by atoms with Gasteiger partial charge in [-0.15, -0.1) is 0 Å². The Morgan fingerprint density at radius 3 is 2.38 bits per heavy atom. The lowest BCUT2D eigenvalue weighted by Crippen LogP contribution is -2.01. The van der Waals surface area contributed by atoms with Gasteiger partial charge in [0, 0.05) is 6.54 Å². The molecule has 0 amide bonds. The first-order valence-corrected chi connectivity index (χ1v) is 4.72. The largest absolute Gasteiger partial charge is 0.327 e. The minimum Gasteiger partial charge on any atom is -0.327 e. The third kappa shape index (κ3) is 3.03. The summed E-state index contributed by atoms with van der Waals surface area (Å²) in [7, 11) is 0. The highest BCUT2D eigenvalue weighted by atomic mass is 14.5. The van der Waals surface area contributed by atoms with Gasteiger partial charge in [0.25, 0.3) is 0 Å². The van der Waals surface area contributed by atoms with Crippen LogP contribution >= 0.6 is 0 Å². The van der Waals surface area contributed by atoms with Gasteiger partial charge in [0.2, 0.25) is 0 Å². The van der Waals surface area contributed by atoms with Crippen molar-refractivity contribution in [2.24, 2.45) is 5.73 Å². The average molecular weight is 175 g/mol. The number of nitrogens with two attached hydrogens (primary N) is 1. The van der Waals surface area contributed by atoms with Crippen LogP contribution < -0.4 is 5.73 Å². The van der Waals surface area contributed by atoms with E-state index in [0.29, 0.717) is 6.54 Å². The van der Waals surface area contributed by atoms with Crippen LogP contribution in [0.2, 0.25) is 0 Å². The first kappa shape index (κ1) is 10.0. The minimum absolute atomic E-state index is 0.657. The molecule has 0 aromatic heterocycles. The van der Waals surface area contributed by atoms with Crippen molar-refractivity contribution in [2.45, 2.75) is 20.3 Å². The van der Waals surface area contributed by atoms with Gasteiger partial charge < -0.3 is 5.73 Å². The van der Waals surface area contributed by atoms with Crippen LogP contribution in [0.4, 0.5) is 0 Å². The Kier molecular flexibility index (Phi) is 3.71. The fraction of sp³-hybridized carbons (Fsp3) is 0.333. The molecule has 0 fully saturated rings. The highest BCUT2D eigenvalue weighted by Crippen LogP contribution is 2.09. The zero-order valence-corrected chi connectivity index (χ0v) is 8.38. The van der Waals surface area contributed by atoms with E-state index in [0.717, 1.165) is 6.42 Å². The maximum Gasteiger partial charge on any atom is 0.0140 e. The molecule has 2 N–H and O–H groups in total. The summed E-state index contributed by atoms with van der Waals surface area (Å²) in [6, 6.07) is 8.49. The van der Waals surface area contributed by atoms with Gasteiger partial charge in [0.15, 0.2) is 0 Å². The van der Waals surface area contributed by atoms with Crippen LogP contribution in [-0.4, -0.2) is 6.54 Å². The highest BCUT2D eigenvalue weighted by Gasteiger charge is 1.91. The molecule has 0 spiro atoms. The molecule has 0 saturated heterocycles. The number of benzene rings is 1. The fourth-order valence-electron chi connectivity index (χ4n) is 1.20. The maximum atomic E-state index is 5.59. The molecule has 1 rings (SSSR count). The van der Waals surface area contributed by atoms with E-state index in [1.54, 1.807) is 0 Å². The summed E-state index contributed by atoms with van der Waals surface area (Å²) in [6.07, 6.45) is 3.20. The second-order valence-corrected chi connectivity index (χ2v) is 3.27. The minimum atomic E-state index is 0.657. The van der Waals surface area contributed by atoms with Gasteiger partial charge in [-0.05, 0) is 18.9 Å². The molecule has 0 saturated carbocycles. The molecule has 0 aliphatic heterocycles. The van der Waals surface area contributed by atoms with Crippen molar-refractivity contribution < 1.29 is 0 Å². The second kappa shape index (κ2) is 4.83. The molecule has 70 valence electrons. The van der Waals surface area contributed by atoms with E-state index >= 15 is 0 Å². The summed E-state index contributed by atoms with van der Waals surface area (Å²) in [5.74, 6) is 0. The molecule has 0 aliphatic rings. The Labute approximate surface area is 80.3 Å². The van der Waals surface area contributed by atoms with Gasteiger partial charge in [0.05, 0.1) is 0 Å². The van der Waals surface area contributed by atoms with Gasteiger partial charge >= 0.3 is 0 Å². The van der Waals surface area contributed by atoms with Crippen molar-refractivity contribution in [2.75, 3.05) is 6.54 Å². The molecule has 0 heterocycles. The quantitative estimate of drug-likeness (QED) is 0.751. The molecule has 0 bridgehead atoms. The molecule has 13 heavy (non-hydrogen) atoms. The Bertz CT molecular complexity index is 276. The molecule has 1 aromatic rings. The first-order chi connectivity index (χ1) is 6.26. The van der Waals surface area contributed by atoms with Crippen LogP contribution in [0.15, 0.2) is 29.8 Å². The Morgan fingerprint density at radius 1 is 1.31 bits per heavy atom. The van der Waals surface area contributed by atoms with E-state index in [1.165, 1.54) is 16.7 Å². The lowest BCUT2D eigenvalue weighted by molar-refractivity contribution is 1.02. The summed E-state index contributed by atoms with van der Waals surface area (Å²) < 4.78 is 0. The van der Waals surface area contributed by atoms with Crippen LogP contribution in [0.5, 0.6) is 0 Å². The normalized spacial score (nSPS) is 11.8. The number of aryl methyl sites for hydroxylation is 1. The summed E-state index contributed by atoms with van der Waals surface area (Å²) in [4.78, 5) is 0. The average Bonchev–Trinajstić information content (AvgIpc) is 2.17. The predicted molar refractivity (Wildman–Crippen MR) is 58.5 cm³/mol. The molecule has 1 heteroatoms. The van der Waals surface area contributed by atoms with Crippen LogP contribution in [0.25, 0.3) is 6.08 Å². The lowest BCUT2D eigenvalue weighted by atomic mass is 10.1. The maximum absolute atomic E-state index is 5.59. The molecule has 0 aliphatic carbocycles. The van der Waals surface area contributed by atoms with Gasteiger partial charge in [-0.3, -0.25) is 0 Å². The van der Waals surface area contributed by atoms with Crippen LogP contribution in [0, 0.1) is 6.92 Å². The van der Waals surface area contributed by atoms with E-state index in [2.05, 4.69) is 44.2 Å². The first-order valence-electron chi connectivity index (χ1n) is 4.72. The zero-order valence-electron chi connectivity index (χ0n) is 8.38. The van der Waals surface area contributed by atoms with Crippen LogP contribution in [-0.2, 0) is 0 Å². The SMILES string of the molecule is CCC(=Cc1ccc(C)cc1)CN. The Morgan fingerprint density at radius 2 is 1.92 bits per heavy atom. The van der Waals surface area contributed by atoms with Crippen molar-refractivity contribution in [3.63, 3.8) is 0 Å². The topological polar surface area (TPSA) is 26.0 Å². The third-order valence-electron chi connectivity index (χ3n) is 2.16. The molecule has 1 nitrogen and oxygen atoms in total. The lowest BCUT2D eigenvalue weighted by Gasteiger charge is -2.00. The standard InChI is InChI=1S/C12H17N/c1-3-11(9-13)8-12-6-4-10(2)5-7-12/h4-8H,3,9,13H2,1-2H3. The van der Waals surface area contributed by atoms with Gasteiger partial charge in [0.1, 0.15) is 0 Å². The van der Waals surface area contributed by atoms with Crippen molar-refractivity contribution in [1.29, 1.82) is 0 Å². The van der Waals surface area contributed by atoms with E-state index in [9.17, 15) is 0 Å². The molecule has 0 unspecified atom stereocenters. The number of rotatable bonds is 3. The zero-order chi connectivity index (χ0) is 9.68. The monoisotopic (exact) mass is 175 g/mol. The summed E-state index contributed by atoms with van der Waals surface area (Å²) in [6.45, 7) is 4.88. The summed E-state index contributed by atoms with van der Waals surface area (Å²) >= 11 is 0. The second-order valence-electron chi connectivity index (χ2n) is 3.27. The highest BCUT2D eigenvalue weighted by molar-refractivity contribution is 5.53. The van der Waals surface area contributed by atoms with Gasteiger partial charge in [-0.25, -0.2) is 0 Å². The predicted octanol–water partition coefficient (Wildman–Crippen LogP) is 2.75. The summed E-state index contributed by atoms with van der Waals surface area (Å²) in [5, 5.41) is 0. The van der Waals surface area contributed by atoms with E-state index in [4.69, 9.17) is 5.73 Å². The van der Waals surface area contributed by atoms with E-state index in [1.807, 2.05) is 0 Å². The Balaban J connectivity index is 2.84. The smallest absolute Gasteiger partial charge is 0.0140 e. The molecular weight excluding hydrogens is 158 g/mol. The Hall–Kier alpha value is -1.08. The molecule has 1 aromatic carbocycles. The van der Waals surface area contributed by atoms with Crippen molar-refractivity contribution in [3.05, 3.63) is 41.0 Å². The molecule has 0 atom stereocenters. The van der Waals surface area contributed by atoms with Crippen molar-refractivity contribution >= 4 is 6.08 Å². The van der Waals surface area contributed by atoms with Crippen LogP contribution in [0.3, 0.4) is 0 Å². The number of hydrogen-bond acceptors (Lipinski definition) is 1. The summed E-state index contributed by atoms with van der Waals surface area (Å²) in [5.41, 5.74) is 9.43. The van der Waals surface area contributed by atoms with Crippen LogP contribution in [0.1, 0.15) is 24.5 Å².